The van der Waals surface area contributed by atoms with Gasteiger partial charge in [0.25, 0.3) is 0 Å². The Kier molecular flexibility index (Phi) is 6.85. The molecule has 0 saturated carbocycles. The van der Waals surface area contributed by atoms with Gasteiger partial charge < -0.3 is 10.2 Å². The van der Waals surface area contributed by atoms with Gasteiger partial charge in [-0.1, -0.05) is 24.3 Å². The summed E-state index contributed by atoms with van der Waals surface area (Å²) in [4.78, 5) is 6.56. The Labute approximate surface area is 130 Å². The largest absolute Gasteiger partial charge is 0.352 e. The highest BCUT2D eigenvalue weighted by atomic mass is 127. The fraction of sp³-hybridized carbons (Fsp3) is 0.462. The molecule has 0 unspecified atom stereocenters. The second kappa shape index (κ2) is 7.89. The van der Waals surface area contributed by atoms with Crippen molar-refractivity contribution in [2.45, 2.75) is 12.3 Å². The zero-order valence-electron chi connectivity index (χ0n) is 10.8. The van der Waals surface area contributed by atoms with Gasteiger partial charge in [0.15, 0.2) is 5.96 Å². The third-order valence-corrected chi connectivity index (χ3v) is 3.47. The van der Waals surface area contributed by atoms with Crippen LogP contribution in [-0.4, -0.2) is 37.3 Å². The molecule has 0 fully saturated rings. The van der Waals surface area contributed by atoms with Crippen LogP contribution in [0.1, 0.15) is 11.1 Å². The van der Waals surface area contributed by atoms with Crippen molar-refractivity contribution in [1.29, 1.82) is 0 Å². The number of likely N-dealkylation sites (N-methyl/N-ethyl adjacent to an activating group) is 1. The number of halogens is 1. The second-order valence-corrected chi connectivity index (χ2v) is 5.10. The molecule has 0 atom stereocenters. The Morgan fingerprint density at radius 2 is 1.94 bits per heavy atom. The van der Waals surface area contributed by atoms with Gasteiger partial charge in [0.05, 0.1) is 6.54 Å². The van der Waals surface area contributed by atoms with E-state index in [9.17, 15) is 0 Å². The molecule has 0 radical (unpaired) electrons. The van der Waals surface area contributed by atoms with E-state index < -0.39 is 0 Å². The van der Waals surface area contributed by atoms with Gasteiger partial charge in [0.2, 0.25) is 0 Å². The minimum absolute atomic E-state index is 0. The fourth-order valence-corrected chi connectivity index (χ4v) is 2.35. The summed E-state index contributed by atoms with van der Waals surface area (Å²) < 4.78 is 0. The molecule has 0 aliphatic carbocycles. The average Bonchev–Trinajstić information content (AvgIpc) is 2.75. The molecule has 0 amide bonds. The van der Waals surface area contributed by atoms with E-state index in [1.54, 1.807) is 0 Å². The Balaban J connectivity index is 0.00000162. The van der Waals surface area contributed by atoms with Gasteiger partial charge in [-0.2, -0.15) is 11.8 Å². The first-order valence-electron chi connectivity index (χ1n) is 5.86. The van der Waals surface area contributed by atoms with Gasteiger partial charge in [-0.05, 0) is 17.4 Å². The molecule has 0 aromatic heterocycles. The van der Waals surface area contributed by atoms with Crippen molar-refractivity contribution >= 4 is 41.7 Å². The number of aliphatic imine (C=N–C) groups is 1. The standard InChI is InChI=1S/C13H19N3S.HI/c1-16-8-7-14-13(16)15-9-11-3-5-12(6-4-11)10-17-2;/h3-6H,7-10H2,1-2H3,(H,14,15);1H. The van der Waals surface area contributed by atoms with Crippen molar-refractivity contribution in [2.75, 3.05) is 26.4 Å². The summed E-state index contributed by atoms with van der Waals surface area (Å²) in [6.07, 6.45) is 2.13. The number of nitrogens with zero attached hydrogens (tertiary/aromatic N) is 2. The quantitative estimate of drug-likeness (QED) is 0.818. The lowest BCUT2D eigenvalue weighted by Crippen LogP contribution is -2.35. The summed E-state index contributed by atoms with van der Waals surface area (Å²) in [5, 5.41) is 3.37. The van der Waals surface area contributed by atoms with Crippen LogP contribution in [-0.2, 0) is 12.3 Å². The number of rotatable bonds is 4. The Morgan fingerprint density at radius 1 is 1.28 bits per heavy atom. The fourth-order valence-electron chi connectivity index (χ4n) is 1.82. The van der Waals surface area contributed by atoms with Gasteiger partial charge in [0.1, 0.15) is 0 Å². The lowest BCUT2D eigenvalue weighted by atomic mass is 10.1. The topological polar surface area (TPSA) is 27.6 Å². The van der Waals surface area contributed by atoms with Crippen LogP contribution in [0.5, 0.6) is 0 Å². The van der Waals surface area contributed by atoms with Crippen molar-refractivity contribution in [2.24, 2.45) is 4.99 Å². The van der Waals surface area contributed by atoms with E-state index in [2.05, 4.69) is 52.8 Å². The Morgan fingerprint density at radius 3 is 2.50 bits per heavy atom. The predicted molar refractivity (Wildman–Crippen MR) is 90.8 cm³/mol. The molecule has 5 heteroatoms. The monoisotopic (exact) mass is 377 g/mol. The minimum atomic E-state index is 0. The third-order valence-electron chi connectivity index (χ3n) is 2.84. The molecule has 1 aliphatic heterocycles. The van der Waals surface area contributed by atoms with E-state index in [0.717, 1.165) is 31.3 Å². The van der Waals surface area contributed by atoms with E-state index in [0.29, 0.717) is 0 Å². The zero-order chi connectivity index (χ0) is 12.1. The summed E-state index contributed by atoms with van der Waals surface area (Å²) in [6, 6.07) is 8.78. The number of nitrogens with one attached hydrogen (secondary N) is 1. The first-order chi connectivity index (χ1) is 8.29. The van der Waals surface area contributed by atoms with Gasteiger partial charge in [-0.15, -0.1) is 24.0 Å². The van der Waals surface area contributed by atoms with Gasteiger partial charge >= 0.3 is 0 Å². The number of hydrogen-bond acceptors (Lipinski definition) is 4. The minimum Gasteiger partial charge on any atom is -0.352 e. The van der Waals surface area contributed by atoms with E-state index in [-0.39, 0.29) is 24.0 Å². The smallest absolute Gasteiger partial charge is 0.194 e. The van der Waals surface area contributed by atoms with E-state index in [1.165, 1.54) is 11.1 Å². The van der Waals surface area contributed by atoms with Crippen LogP contribution in [0.2, 0.25) is 0 Å². The van der Waals surface area contributed by atoms with E-state index in [4.69, 9.17) is 0 Å². The first kappa shape index (κ1) is 15.6. The molecule has 1 aliphatic rings. The Bertz CT molecular complexity index is 392. The molecule has 2 rings (SSSR count). The van der Waals surface area contributed by atoms with E-state index >= 15 is 0 Å². The summed E-state index contributed by atoms with van der Waals surface area (Å²) in [7, 11) is 2.07. The van der Waals surface area contributed by atoms with Crippen LogP contribution >= 0.6 is 35.7 Å². The van der Waals surface area contributed by atoms with Crippen LogP contribution in [0.15, 0.2) is 29.3 Å². The SMILES string of the molecule is CSCc1ccc(CNC2=NCCN2C)cc1.I. The maximum absolute atomic E-state index is 4.41. The molecular weight excluding hydrogens is 357 g/mol. The Hall–Kier alpha value is -0.430. The summed E-state index contributed by atoms with van der Waals surface area (Å²) in [6.45, 7) is 2.78. The van der Waals surface area contributed by atoms with Crippen LogP contribution in [0, 0.1) is 0 Å². The van der Waals surface area contributed by atoms with Crippen molar-refractivity contribution < 1.29 is 0 Å². The molecule has 1 heterocycles. The van der Waals surface area contributed by atoms with Crippen molar-refractivity contribution in [3.8, 4) is 0 Å². The molecule has 3 nitrogen and oxygen atoms in total. The molecule has 100 valence electrons. The molecular formula is C13H20IN3S. The normalized spacial score (nSPS) is 14.1. The van der Waals surface area contributed by atoms with Crippen molar-refractivity contribution in [1.82, 2.24) is 10.2 Å². The summed E-state index contributed by atoms with van der Waals surface area (Å²) in [5.74, 6) is 2.10. The molecule has 1 N–H and O–H groups in total. The van der Waals surface area contributed by atoms with Gasteiger partial charge in [-0.3, -0.25) is 4.99 Å². The predicted octanol–water partition coefficient (Wildman–Crippen LogP) is 2.56. The molecule has 0 bridgehead atoms. The van der Waals surface area contributed by atoms with Crippen LogP contribution in [0.3, 0.4) is 0 Å². The first-order valence-corrected chi connectivity index (χ1v) is 7.25. The number of thioether (sulfide) groups is 1. The maximum atomic E-state index is 4.41. The van der Waals surface area contributed by atoms with Crippen LogP contribution in [0.25, 0.3) is 0 Å². The average molecular weight is 377 g/mol. The third kappa shape index (κ3) is 4.35. The highest BCUT2D eigenvalue weighted by molar-refractivity contribution is 14.0. The second-order valence-electron chi connectivity index (χ2n) is 4.23. The molecule has 1 aromatic carbocycles. The highest BCUT2D eigenvalue weighted by Gasteiger charge is 2.10. The summed E-state index contributed by atoms with van der Waals surface area (Å²) in [5.41, 5.74) is 2.69. The highest BCUT2D eigenvalue weighted by Crippen LogP contribution is 2.10. The molecule has 18 heavy (non-hydrogen) atoms. The molecule has 1 aromatic rings. The van der Waals surface area contributed by atoms with Crippen LogP contribution < -0.4 is 5.32 Å². The molecule has 0 saturated heterocycles. The summed E-state index contributed by atoms with van der Waals surface area (Å²) >= 11 is 1.85. The lowest BCUT2D eigenvalue weighted by molar-refractivity contribution is 0.534. The number of guanidine groups is 1. The van der Waals surface area contributed by atoms with E-state index in [1.807, 2.05) is 11.8 Å². The van der Waals surface area contributed by atoms with Crippen molar-refractivity contribution in [3.05, 3.63) is 35.4 Å². The van der Waals surface area contributed by atoms with Gasteiger partial charge in [-0.25, -0.2) is 0 Å². The van der Waals surface area contributed by atoms with Crippen LogP contribution in [0.4, 0.5) is 0 Å². The lowest BCUT2D eigenvalue weighted by Gasteiger charge is -2.15. The number of hydrogen-bond donors (Lipinski definition) is 1. The van der Waals surface area contributed by atoms with Gasteiger partial charge in [0, 0.05) is 25.9 Å². The maximum Gasteiger partial charge on any atom is 0.194 e. The van der Waals surface area contributed by atoms with Crippen molar-refractivity contribution in [3.63, 3.8) is 0 Å². The number of benzene rings is 1. The zero-order valence-corrected chi connectivity index (χ0v) is 14.0. The molecule has 0 spiro atoms.